The summed E-state index contributed by atoms with van der Waals surface area (Å²) in [4.78, 5) is 5.12. The van der Waals surface area contributed by atoms with Crippen LogP contribution in [0, 0.1) is 0 Å². The normalized spacial score (nSPS) is 21.5. The van der Waals surface area contributed by atoms with Crippen LogP contribution in [0.1, 0.15) is 51.4 Å². The number of piperidine rings is 2. The predicted molar refractivity (Wildman–Crippen MR) is 88.9 cm³/mol. The van der Waals surface area contributed by atoms with Crippen LogP contribution >= 0.6 is 0 Å². The zero-order valence-corrected chi connectivity index (χ0v) is 13.7. The van der Waals surface area contributed by atoms with Crippen molar-refractivity contribution in [3.8, 4) is 0 Å². The molecule has 0 aromatic carbocycles. The molecule has 0 aromatic heterocycles. The Morgan fingerprint density at radius 3 is 1.48 bits per heavy atom. The van der Waals surface area contributed by atoms with Gasteiger partial charge in [0.2, 0.25) is 0 Å². The van der Waals surface area contributed by atoms with Crippen LogP contribution in [0.15, 0.2) is 0 Å². The summed E-state index contributed by atoms with van der Waals surface area (Å²) >= 11 is 0. The zero-order chi connectivity index (χ0) is 14.6. The van der Waals surface area contributed by atoms with Crippen molar-refractivity contribution in [2.75, 3.05) is 52.5 Å². The lowest BCUT2D eigenvalue weighted by molar-refractivity contribution is 0.173. The molecule has 2 aliphatic heterocycles. The molecule has 2 heterocycles. The lowest BCUT2D eigenvalue weighted by atomic mass is 10.1. The maximum absolute atomic E-state index is 5.55. The van der Waals surface area contributed by atoms with Gasteiger partial charge in [0, 0.05) is 26.3 Å². The molecule has 0 bridgehead atoms. The Morgan fingerprint density at radius 1 is 0.619 bits per heavy atom. The molecule has 0 saturated carbocycles. The van der Waals surface area contributed by atoms with E-state index in [1.807, 2.05) is 0 Å². The Labute approximate surface area is 131 Å². The number of rotatable bonds is 10. The van der Waals surface area contributed by atoms with Crippen LogP contribution in [0.3, 0.4) is 0 Å². The zero-order valence-electron chi connectivity index (χ0n) is 13.7. The fourth-order valence-corrected chi connectivity index (χ4v) is 3.32. The third-order valence-corrected chi connectivity index (χ3v) is 4.59. The Kier molecular flexibility index (Phi) is 9.43. The molecule has 2 aliphatic rings. The van der Waals surface area contributed by atoms with E-state index in [2.05, 4.69) is 9.80 Å². The lowest BCUT2D eigenvalue weighted by Crippen LogP contribution is -2.31. The second kappa shape index (κ2) is 11.5. The van der Waals surface area contributed by atoms with Gasteiger partial charge >= 0.3 is 7.69 Å². The van der Waals surface area contributed by atoms with Crippen LogP contribution in [0.4, 0.5) is 0 Å². The fraction of sp³-hybridized carbons (Fsp3) is 1.00. The van der Waals surface area contributed by atoms with E-state index >= 15 is 0 Å². The van der Waals surface area contributed by atoms with E-state index in [0.29, 0.717) is 7.69 Å². The summed E-state index contributed by atoms with van der Waals surface area (Å²) in [6.45, 7) is 9.19. The largest absolute Gasteiger partial charge is 0.438 e. The van der Waals surface area contributed by atoms with Crippen molar-refractivity contribution in [3.63, 3.8) is 0 Å². The average Bonchev–Trinajstić information content (AvgIpc) is 2.55. The third kappa shape index (κ3) is 8.19. The molecule has 4 nitrogen and oxygen atoms in total. The number of hydrogen-bond donors (Lipinski definition) is 0. The minimum atomic E-state index is 0.472. The van der Waals surface area contributed by atoms with Crippen LogP contribution in [0.2, 0.25) is 0 Å². The van der Waals surface area contributed by atoms with Crippen molar-refractivity contribution in [3.05, 3.63) is 0 Å². The second-order valence-electron chi connectivity index (χ2n) is 6.45. The summed E-state index contributed by atoms with van der Waals surface area (Å²) in [6, 6.07) is 0. The van der Waals surface area contributed by atoms with E-state index in [1.165, 1.54) is 77.8 Å². The van der Waals surface area contributed by atoms with Crippen LogP contribution in [0.5, 0.6) is 0 Å². The standard InChI is InChI=1S/C16H33BN2O2/c1-3-9-18(10-4-1)13-7-15-20-17-21-16-8-14-19-11-5-2-6-12-19/h17H,1-16H2. The summed E-state index contributed by atoms with van der Waals surface area (Å²) in [5.74, 6) is 0. The molecule has 2 fully saturated rings. The second-order valence-corrected chi connectivity index (χ2v) is 6.45. The third-order valence-electron chi connectivity index (χ3n) is 4.59. The summed E-state index contributed by atoms with van der Waals surface area (Å²) in [7, 11) is 0.472. The van der Waals surface area contributed by atoms with Gasteiger partial charge in [0.25, 0.3) is 0 Å². The minimum Gasteiger partial charge on any atom is -0.414 e. The minimum absolute atomic E-state index is 0.472. The van der Waals surface area contributed by atoms with Gasteiger partial charge in [0.15, 0.2) is 0 Å². The van der Waals surface area contributed by atoms with Gasteiger partial charge < -0.3 is 19.1 Å². The summed E-state index contributed by atoms with van der Waals surface area (Å²) in [5, 5.41) is 0. The molecule has 0 spiro atoms. The molecule has 0 aromatic rings. The monoisotopic (exact) mass is 296 g/mol. The smallest absolute Gasteiger partial charge is 0.414 e. The first-order chi connectivity index (χ1) is 10.4. The van der Waals surface area contributed by atoms with Crippen molar-refractivity contribution < 1.29 is 9.31 Å². The maximum Gasteiger partial charge on any atom is 0.438 e. The SMILES string of the molecule is B(OCCCN1CCCCC1)OCCCN1CCCCC1. The van der Waals surface area contributed by atoms with Gasteiger partial charge in [0.1, 0.15) is 0 Å². The highest BCUT2D eigenvalue weighted by Crippen LogP contribution is 2.09. The summed E-state index contributed by atoms with van der Waals surface area (Å²) in [5.41, 5.74) is 0. The van der Waals surface area contributed by atoms with E-state index in [1.54, 1.807) is 0 Å². The average molecular weight is 296 g/mol. The number of nitrogens with zero attached hydrogens (tertiary/aromatic N) is 2. The highest BCUT2D eigenvalue weighted by atomic mass is 16.6. The van der Waals surface area contributed by atoms with Gasteiger partial charge in [-0.2, -0.15) is 0 Å². The Balaban J connectivity index is 1.30. The number of likely N-dealkylation sites (tertiary alicyclic amines) is 2. The Hall–Kier alpha value is -0.0951. The lowest BCUT2D eigenvalue weighted by Gasteiger charge is -2.26. The molecule has 0 unspecified atom stereocenters. The van der Waals surface area contributed by atoms with Crippen molar-refractivity contribution in [1.29, 1.82) is 0 Å². The van der Waals surface area contributed by atoms with E-state index in [4.69, 9.17) is 9.31 Å². The molecule has 2 saturated heterocycles. The van der Waals surface area contributed by atoms with Gasteiger partial charge in [-0.1, -0.05) is 12.8 Å². The van der Waals surface area contributed by atoms with Gasteiger partial charge in [-0.15, -0.1) is 0 Å². The van der Waals surface area contributed by atoms with E-state index in [-0.39, 0.29) is 0 Å². The molecule has 0 radical (unpaired) electrons. The van der Waals surface area contributed by atoms with Crippen molar-refractivity contribution in [2.24, 2.45) is 0 Å². The Bertz CT molecular complexity index is 220. The summed E-state index contributed by atoms with van der Waals surface area (Å²) in [6.07, 6.45) is 10.6. The van der Waals surface area contributed by atoms with Crippen molar-refractivity contribution in [1.82, 2.24) is 9.80 Å². The Morgan fingerprint density at radius 2 is 1.05 bits per heavy atom. The van der Waals surface area contributed by atoms with Gasteiger partial charge in [-0.3, -0.25) is 0 Å². The van der Waals surface area contributed by atoms with E-state index < -0.39 is 0 Å². The van der Waals surface area contributed by atoms with Crippen LogP contribution in [0.25, 0.3) is 0 Å². The van der Waals surface area contributed by atoms with E-state index in [0.717, 1.165) is 26.1 Å². The molecule has 0 amide bonds. The number of hydrogen-bond acceptors (Lipinski definition) is 4. The predicted octanol–water partition coefficient (Wildman–Crippen LogP) is 2.04. The van der Waals surface area contributed by atoms with Crippen LogP contribution < -0.4 is 0 Å². The molecule has 0 atom stereocenters. The van der Waals surface area contributed by atoms with Gasteiger partial charge in [0.05, 0.1) is 0 Å². The first-order valence-corrected chi connectivity index (χ1v) is 9.05. The van der Waals surface area contributed by atoms with Crippen LogP contribution in [-0.4, -0.2) is 70.0 Å². The van der Waals surface area contributed by atoms with Gasteiger partial charge in [-0.25, -0.2) is 0 Å². The highest BCUT2D eigenvalue weighted by molar-refractivity contribution is 6.17. The molecule has 0 N–H and O–H groups in total. The highest BCUT2D eigenvalue weighted by Gasteiger charge is 2.10. The first kappa shape index (κ1) is 17.3. The molecule has 122 valence electrons. The van der Waals surface area contributed by atoms with Crippen molar-refractivity contribution >= 4 is 7.69 Å². The first-order valence-electron chi connectivity index (χ1n) is 9.05. The molecular weight excluding hydrogens is 263 g/mol. The molecular formula is C16H33BN2O2. The van der Waals surface area contributed by atoms with Gasteiger partial charge in [-0.05, 0) is 64.7 Å². The van der Waals surface area contributed by atoms with E-state index in [9.17, 15) is 0 Å². The topological polar surface area (TPSA) is 24.9 Å². The maximum atomic E-state index is 5.55. The van der Waals surface area contributed by atoms with Crippen molar-refractivity contribution in [2.45, 2.75) is 51.4 Å². The molecule has 5 heteroatoms. The quantitative estimate of drug-likeness (QED) is 0.455. The molecule has 0 aliphatic carbocycles. The molecule has 2 rings (SSSR count). The molecule has 21 heavy (non-hydrogen) atoms. The van der Waals surface area contributed by atoms with Crippen LogP contribution in [-0.2, 0) is 9.31 Å². The summed E-state index contributed by atoms with van der Waals surface area (Å²) < 4.78 is 11.1. The fourth-order valence-electron chi connectivity index (χ4n) is 3.32.